The van der Waals surface area contributed by atoms with Crippen LogP contribution in [0.15, 0.2) is 42.6 Å². The van der Waals surface area contributed by atoms with Crippen molar-refractivity contribution in [3.8, 4) is 0 Å². The molecule has 0 atom stereocenters. The summed E-state index contributed by atoms with van der Waals surface area (Å²) in [7, 11) is 0. The lowest BCUT2D eigenvalue weighted by Gasteiger charge is -2.10. The van der Waals surface area contributed by atoms with Crippen molar-refractivity contribution < 1.29 is 9.18 Å². The minimum atomic E-state index is -0.257. The summed E-state index contributed by atoms with van der Waals surface area (Å²) in [4.78, 5) is 16.1. The molecule has 1 aromatic carbocycles. The molecule has 0 aliphatic heterocycles. The van der Waals surface area contributed by atoms with Crippen LogP contribution in [0, 0.1) is 5.82 Å². The monoisotopic (exact) mass is 301 g/mol. The maximum absolute atomic E-state index is 12.8. The second-order valence-electron chi connectivity index (χ2n) is 5.36. The van der Waals surface area contributed by atoms with Crippen molar-refractivity contribution in [3.05, 3.63) is 59.7 Å². The van der Waals surface area contributed by atoms with Crippen LogP contribution in [0.4, 0.5) is 10.1 Å². The molecule has 116 valence electrons. The highest BCUT2D eigenvalue weighted by atomic mass is 19.1. The summed E-state index contributed by atoms with van der Waals surface area (Å²) in [6, 6.07) is 10.1. The standard InChI is InChI=1S/C17H20FN3O/c1-12(2)21-15-7-8-16(20-11-15)17(22)19-10-9-13-3-5-14(18)6-4-13/h3-8,11-12,21H,9-10H2,1-2H3,(H,19,22). The fraction of sp³-hybridized carbons (Fsp3) is 0.294. The first-order chi connectivity index (χ1) is 10.5. The Bertz CT molecular complexity index is 609. The lowest BCUT2D eigenvalue weighted by molar-refractivity contribution is 0.0949. The second kappa shape index (κ2) is 7.54. The molecule has 2 N–H and O–H groups in total. The first-order valence-corrected chi connectivity index (χ1v) is 7.30. The number of pyridine rings is 1. The lowest BCUT2D eigenvalue weighted by Crippen LogP contribution is -2.26. The molecule has 5 heteroatoms. The molecule has 0 spiro atoms. The maximum Gasteiger partial charge on any atom is 0.269 e. The smallest absolute Gasteiger partial charge is 0.269 e. The summed E-state index contributed by atoms with van der Waals surface area (Å²) in [5.41, 5.74) is 2.25. The van der Waals surface area contributed by atoms with Crippen molar-refractivity contribution in [2.24, 2.45) is 0 Å². The third-order valence-corrected chi connectivity index (χ3v) is 3.06. The van der Waals surface area contributed by atoms with Crippen LogP contribution in [-0.2, 0) is 6.42 Å². The lowest BCUT2D eigenvalue weighted by atomic mass is 10.1. The van der Waals surface area contributed by atoms with Crippen LogP contribution in [0.25, 0.3) is 0 Å². The highest BCUT2D eigenvalue weighted by Gasteiger charge is 2.06. The zero-order valence-electron chi connectivity index (χ0n) is 12.8. The summed E-state index contributed by atoms with van der Waals surface area (Å²) in [5.74, 6) is -0.467. The molecule has 0 saturated heterocycles. The minimum absolute atomic E-state index is 0.210. The van der Waals surface area contributed by atoms with E-state index in [0.29, 0.717) is 24.7 Å². The molecule has 0 unspecified atom stereocenters. The molecular formula is C17H20FN3O. The van der Waals surface area contributed by atoms with Gasteiger partial charge in [-0.1, -0.05) is 12.1 Å². The van der Waals surface area contributed by atoms with Crippen molar-refractivity contribution in [1.29, 1.82) is 0 Å². The van der Waals surface area contributed by atoms with Crippen LogP contribution < -0.4 is 10.6 Å². The van der Waals surface area contributed by atoms with E-state index in [4.69, 9.17) is 0 Å². The van der Waals surface area contributed by atoms with Gasteiger partial charge in [0, 0.05) is 12.6 Å². The second-order valence-corrected chi connectivity index (χ2v) is 5.36. The predicted octanol–water partition coefficient (Wildman–Crippen LogP) is 3.01. The predicted molar refractivity (Wildman–Crippen MR) is 85.4 cm³/mol. The third kappa shape index (κ3) is 4.84. The highest BCUT2D eigenvalue weighted by Crippen LogP contribution is 2.08. The van der Waals surface area contributed by atoms with Gasteiger partial charge < -0.3 is 10.6 Å². The topological polar surface area (TPSA) is 54.0 Å². The molecule has 1 aromatic heterocycles. The Morgan fingerprint density at radius 3 is 2.50 bits per heavy atom. The van der Waals surface area contributed by atoms with Gasteiger partial charge in [-0.3, -0.25) is 4.79 Å². The van der Waals surface area contributed by atoms with Crippen molar-refractivity contribution in [1.82, 2.24) is 10.3 Å². The van der Waals surface area contributed by atoms with Gasteiger partial charge in [-0.2, -0.15) is 0 Å². The molecule has 2 aromatic rings. The Morgan fingerprint density at radius 2 is 1.91 bits per heavy atom. The first-order valence-electron chi connectivity index (χ1n) is 7.30. The summed E-state index contributed by atoms with van der Waals surface area (Å²) in [5, 5.41) is 6.02. The number of anilines is 1. The number of carbonyl (C=O) groups is 1. The molecule has 1 amide bonds. The van der Waals surface area contributed by atoms with Gasteiger partial charge in [0.15, 0.2) is 0 Å². The van der Waals surface area contributed by atoms with E-state index >= 15 is 0 Å². The quantitative estimate of drug-likeness (QED) is 0.862. The molecule has 0 bridgehead atoms. The van der Waals surface area contributed by atoms with E-state index in [1.807, 2.05) is 19.9 Å². The van der Waals surface area contributed by atoms with Gasteiger partial charge in [0.2, 0.25) is 0 Å². The summed E-state index contributed by atoms with van der Waals surface area (Å²) < 4.78 is 12.8. The Balaban J connectivity index is 1.83. The zero-order chi connectivity index (χ0) is 15.9. The Morgan fingerprint density at radius 1 is 1.18 bits per heavy atom. The fourth-order valence-corrected chi connectivity index (χ4v) is 2.01. The van der Waals surface area contributed by atoms with Crippen LogP contribution in [0.3, 0.4) is 0 Å². The van der Waals surface area contributed by atoms with E-state index < -0.39 is 0 Å². The number of benzene rings is 1. The molecule has 0 saturated carbocycles. The van der Waals surface area contributed by atoms with Gasteiger partial charge >= 0.3 is 0 Å². The van der Waals surface area contributed by atoms with E-state index in [0.717, 1.165) is 11.3 Å². The number of aromatic nitrogens is 1. The van der Waals surface area contributed by atoms with E-state index in [-0.39, 0.29) is 11.7 Å². The number of hydrogen-bond donors (Lipinski definition) is 2. The van der Waals surface area contributed by atoms with Crippen LogP contribution in [-0.4, -0.2) is 23.5 Å². The fourth-order valence-electron chi connectivity index (χ4n) is 2.01. The number of nitrogens with one attached hydrogen (secondary N) is 2. The summed E-state index contributed by atoms with van der Waals surface area (Å²) >= 11 is 0. The number of hydrogen-bond acceptors (Lipinski definition) is 3. The van der Waals surface area contributed by atoms with Crippen molar-refractivity contribution in [2.45, 2.75) is 26.3 Å². The summed E-state index contributed by atoms with van der Waals surface area (Å²) in [6.07, 6.45) is 2.30. The van der Waals surface area contributed by atoms with Crippen LogP contribution in [0.2, 0.25) is 0 Å². The van der Waals surface area contributed by atoms with E-state index in [1.165, 1.54) is 12.1 Å². The number of nitrogens with zero attached hydrogens (tertiary/aromatic N) is 1. The molecule has 0 radical (unpaired) electrons. The van der Waals surface area contributed by atoms with Gasteiger partial charge in [0.05, 0.1) is 11.9 Å². The molecule has 1 heterocycles. The molecule has 0 aliphatic rings. The normalized spacial score (nSPS) is 10.5. The first kappa shape index (κ1) is 15.9. The Labute approximate surface area is 129 Å². The molecule has 2 rings (SSSR count). The molecule has 0 aliphatic carbocycles. The molecule has 4 nitrogen and oxygen atoms in total. The Hall–Kier alpha value is -2.43. The van der Waals surface area contributed by atoms with Crippen LogP contribution in [0.1, 0.15) is 29.9 Å². The van der Waals surface area contributed by atoms with Gasteiger partial charge in [-0.15, -0.1) is 0 Å². The summed E-state index contributed by atoms with van der Waals surface area (Å²) in [6.45, 7) is 4.56. The molecule has 22 heavy (non-hydrogen) atoms. The van der Waals surface area contributed by atoms with Gasteiger partial charge in [-0.25, -0.2) is 9.37 Å². The number of carbonyl (C=O) groups excluding carboxylic acids is 1. The van der Waals surface area contributed by atoms with E-state index in [1.54, 1.807) is 24.4 Å². The van der Waals surface area contributed by atoms with Crippen molar-refractivity contribution >= 4 is 11.6 Å². The minimum Gasteiger partial charge on any atom is -0.382 e. The molecule has 0 fully saturated rings. The number of rotatable bonds is 6. The van der Waals surface area contributed by atoms with Gasteiger partial charge in [0.25, 0.3) is 5.91 Å². The van der Waals surface area contributed by atoms with E-state index in [2.05, 4.69) is 15.6 Å². The Kier molecular flexibility index (Phi) is 5.47. The average Bonchev–Trinajstić information content (AvgIpc) is 2.49. The zero-order valence-corrected chi connectivity index (χ0v) is 12.8. The highest BCUT2D eigenvalue weighted by molar-refractivity contribution is 5.92. The van der Waals surface area contributed by atoms with E-state index in [9.17, 15) is 9.18 Å². The van der Waals surface area contributed by atoms with Gasteiger partial charge in [0.1, 0.15) is 11.5 Å². The SMILES string of the molecule is CC(C)Nc1ccc(C(=O)NCCc2ccc(F)cc2)nc1. The van der Waals surface area contributed by atoms with Crippen LogP contribution in [0.5, 0.6) is 0 Å². The average molecular weight is 301 g/mol. The van der Waals surface area contributed by atoms with Crippen LogP contribution >= 0.6 is 0 Å². The number of halogens is 1. The largest absolute Gasteiger partial charge is 0.382 e. The van der Waals surface area contributed by atoms with Crippen molar-refractivity contribution in [2.75, 3.05) is 11.9 Å². The third-order valence-electron chi connectivity index (χ3n) is 3.06. The maximum atomic E-state index is 12.8. The number of amides is 1. The van der Waals surface area contributed by atoms with Gasteiger partial charge in [-0.05, 0) is 50.1 Å². The molecular weight excluding hydrogens is 281 g/mol. The van der Waals surface area contributed by atoms with Crippen molar-refractivity contribution in [3.63, 3.8) is 0 Å².